The molecule has 0 atom stereocenters. The Morgan fingerprint density at radius 3 is 2.50 bits per heavy atom. The van der Waals surface area contributed by atoms with Crippen molar-refractivity contribution in [3.05, 3.63) is 53.6 Å². The molecule has 5 nitrogen and oxygen atoms in total. The van der Waals surface area contributed by atoms with E-state index in [0.717, 1.165) is 37.0 Å². The molecule has 0 aliphatic carbocycles. The summed E-state index contributed by atoms with van der Waals surface area (Å²) in [5.74, 6) is 2.45. The molecule has 0 amide bonds. The molecule has 1 heterocycles. The molecular weight excluding hydrogens is 461 g/mol. The van der Waals surface area contributed by atoms with Gasteiger partial charge in [0.2, 0.25) is 6.79 Å². The Balaban J connectivity index is 0.00000243. The lowest BCUT2D eigenvalue weighted by atomic mass is 10.1. The summed E-state index contributed by atoms with van der Waals surface area (Å²) in [6.45, 7) is 1.86. The van der Waals surface area contributed by atoms with E-state index in [1.807, 2.05) is 12.1 Å². The van der Waals surface area contributed by atoms with E-state index < -0.39 is 0 Å². The molecular formula is C19H24IN3O2S. The van der Waals surface area contributed by atoms with E-state index in [9.17, 15) is 0 Å². The molecule has 2 N–H and O–H groups in total. The first-order chi connectivity index (χ1) is 12.3. The van der Waals surface area contributed by atoms with Gasteiger partial charge >= 0.3 is 0 Å². The molecule has 0 spiro atoms. The second kappa shape index (κ2) is 10.5. The van der Waals surface area contributed by atoms with Gasteiger partial charge < -0.3 is 20.1 Å². The zero-order chi connectivity index (χ0) is 17.5. The van der Waals surface area contributed by atoms with Gasteiger partial charge in [0.15, 0.2) is 17.5 Å². The van der Waals surface area contributed by atoms with Gasteiger partial charge in [-0.1, -0.05) is 18.2 Å². The van der Waals surface area contributed by atoms with Crippen LogP contribution in [0.3, 0.4) is 0 Å². The first-order valence-corrected chi connectivity index (χ1v) is 9.47. The largest absolute Gasteiger partial charge is 0.454 e. The fourth-order valence-corrected chi connectivity index (χ4v) is 2.98. The first-order valence-electron chi connectivity index (χ1n) is 8.24. The topological polar surface area (TPSA) is 54.9 Å². The van der Waals surface area contributed by atoms with Gasteiger partial charge in [0, 0.05) is 25.0 Å². The monoisotopic (exact) mass is 485 g/mol. The maximum Gasteiger partial charge on any atom is 0.231 e. The summed E-state index contributed by atoms with van der Waals surface area (Å²) in [5.41, 5.74) is 2.44. The van der Waals surface area contributed by atoms with Crippen molar-refractivity contribution in [3.63, 3.8) is 0 Å². The highest BCUT2D eigenvalue weighted by Crippen LogP contribution is 2.32. The smallest absolute Gasteiger partial charge is 0.231 e. The number of nitrogens with one attached hydrogen (secondary N) is 2. The number of hydrogen-bond donors (Lipinski definition) is 2. The van der Waals surface area contributed by atoms with Crippen molar-refractivity contribution in [2.45, 2.75) is 17.9 Å². The third kappa shape index (κ3) is 5.70. The Kier molecular flexibility index (Phi) is 8.37. The van der Waals surface area contributed by atoms with Gasteiger partial charge in [-0.15, -0.1) is 35.7 Å². The predicted molar refractivity (Wildman–Crippen MR) is 118 cm³/mol. The summed E-state index contributed by atoms with van der Waals surface area (Å²) in [4.78, 5) is 5.54. The lowest BCUT2D eigenvalue weighted by Crippen LogP contribution is -2.37. The van der Waals surface area contributed by atoms with Crippen molar-refractivity contribution in [2.75, 3.05) is 26.6 Å². The first kappa shape index (κ1) is 20.7. The van der Waals surface area contributed by atoms with Gasteiger partial charge in [0.1, 0.15) is 0 Å². The molecule has 0 saturated carbocycles. The fourth-order valence-electron chi connectivity index (χ4n) is 2.57. The average Bonchev–Trinajstić information content (AvgIpc) is 3.12. The molecule has 0 unspecified atom stereocenters. The van der Waals surface area contributed by atoms with Crippen molar-refractivity contribution >= 4 is 41.7 Å². The number of rotatable bonds is 6. The number of hydrogen-bond acceptors (Lipinski definition) is 4. The Morgan fingerprint density at radius 1 is 1.04 bits per heavy atom. The quantitative estimate of drug-likeness (QED) is 0.283. The van der Waals surface area contributed by atoms with Gasteiger partial charge in [-0.05, 0) is 48.1 Å². The zero-order valence-corrected chi connectivity index (χ0v) is 18.1. The van der Waals surface area contributed by atoms with E-state index >= 15 is 0 Å². The molecule has 26 heavy (non-hydrogen) atoms. The minimum atomic E-state index is 0. The van der Waals surface area contributed by atoms with Gasteiger partial charge in [0.25, 0.3) is 0 Å². The number of aliphatic imine (C=N–C) groups is 1. The van der Waals surface area contributed by atoms with Crippen molar-refractivity contribution in [1.82, 2.24) is 10.6 Å². The van der Waals surface area contributed by atoms with Crippen LogP contribution in [0.1, 0.15) is 11.1 Å². The number of fused-ring (bicyclic) bond motifs is 1. The number of ether oxygens (including phenoxy) is 2. The minimum Gasteiger partial charge on any atom is -0.454 e. The van der Waals surface area contributed by atoms with Crippen LogP contribution in [0.5, 0.6) is 11.5 Å². The summed E-state index contributed by atoms with van der Waals surface area (Å²) in [6, 6.07) is 14.6. The van der Waals surface area contributed by atoms with E-state index in [-0.39, 0.29) is 24.0 Å². The molecule has 2 aromatic rings. The Morgan fingerprint density at radius 2 is 1.77 bits per heavy atom. The Labute approximate surface area is 176 Å². The molecule has 0 radical (unpaired) electrons. The molecule has 0 saturated heterocycles. The maximum atomic E-state index is 5.41. The van der Waals surface area contributed by atoms with Crippen LogP contribution in [-0.4, -0.2) is 32.6 Å². The second-order valence-corrected chi connectivity index (χ2v) is 6.52. The maximum absolute atomic E-state index is 5.41. The average molecular weight is 485 g/mol. The number of benzene rings is 2. The van der Waals surface area contributed by atoms with Gasteiger partial charge in [-0.2, -0.15) is 0 Å². The highest BCUT2D eigenvalue weighted by Gasteiger charge is 2.12. The molecule has 7 heteroatoms. The summed E-state index contributed by atoms with van der Waals surface area (Å²) >= 11 is 1.75. The number of guanidine groups is 1. The highest BCUT2D eigenvalue weighted by molar-refractivity contribution is 14.0. The number of nitrogens with zero attached hydrogens (tertiary/aromatic N) is 1. The molecule has 0 aromatic heterocycles. The lowest BCUT2D eigenvalue weighted by molar-refractivity contribution is 0.174. The van der Waals surface area contributed by atoms with Crippen LogP contribution < -0.4 is 20.1 Å². The Bertz CT molecular complexity index is 738. The molecule has 3 rings (SSSR count). The number of thioether (sulfide) groups is 1. The van der Waals surface area contributed by atoms with Crippen molar-refractivity contribution < 1.29 is 9.47 Å². The van der Waals surface area contributed by atoms with Crippen LogP contribution in [0.25, 0.3) is 0 Å². The number of halogens is 1. The Hall–Kier alpha value is -1.61. The third-order valence-corrected chi connectivity index (χ3v) is 4.73. The molecule has 0 fully saturated rings. The van der Waals surface area contributed by atoms with Gasteiger partial charge in [0.05, 0.1) is 0 Å². The van der Waals surface area contributed by atoms with E-state index in [0.29, 0.717) is 6.79 Å². The highest BCUT2D eigenvalue weighted by atomic mass is 127. The summed E-state index contributed by atoms with van der Waals surface area (Å²) < 4.78 is 10.7. The van der Waals surface area contributed by atoms with Crippen LogP contribution in [0, 0.1) is 0 Å². The van der Waals surface area contributed by atoms with Crippen LogP contribution >= 0.6 is 35.7 Å². The van der Waals surface area contributed by atoms with E-state index in [2.05, 4.69) is 52.2 Å². The summed E-state index contributed by atoms with van der Waals surface area (Å²) in [5, 5.41) is 6.68. The minimum absolute atomic E-state index is 0. The predicted octanol–water partition coefficient (Wildman–Crippen LogP) is 3.66. The van der Waals surface area contributed by atoms with E-state index in [1.165, 1.54) is 16.0 Å². The van der Waals surface area contributed by atoms with Crippen molar-refractivity contribution in [2.24, 2.45) is 4.99 Å². The summed E-state index contributed by atoms with van der Waals surface area (Å²) in [6.07, 6.45) is 2.97. The van der Waals surface area contributed by atoms with E-state index in [4.69, 9.17) is 9.47 Å². The van der Waals surface area contributed by atoms with Crippen molar-refractivity contribution in [3.8, 4) is 11.5 Å². The SMILES string of the molecule is CN=C(NCCc1ccc2c(c1)OCO2)NCc1ccc(SC)cc1.I. The van der Waals surface area contributed by atoms with E-state index in [1.54, 1.807) is 18.8 Å². The van der Waals surface area contributed by atoms with Crippen molar-refractivity contribution in [1.29, 1.82) is 0 Å². The molecule has 140 valence electrons. The van der Waals surface area contributed by atoms with Crippen LogP contribution in [0.15, 0.2) is 52.4 Å². The van der Waals surface area contributed by atoms with Crippen LogP contribution in [0.4, 0.5) is 0 Å². The third-order valence-electron chi connectivity index (χ3n) is 3.99. The molecule has 0 bridgehead atoms. The fraction of sp³-hybridized carbons (Fsp3) is 0.316. The standard InChI is InChI=1S/C19H23N3O2S.HI/c1-20-19(22-12-15-3-6-16(25-2)7-4-15)21-10-9-14-5-8-17-18(11-14)24-13-23-17;/h3-8,11H,9-10,12-13H2,1-2H3,(H2,20,21,22);1H. The van der Waals surface area contributed by atoms with Gasteiger partial charge in [-0.3, -0.25) is 4.99 Å². The molecule has 2 aromatic carbocycles. The zero-order valence-electron chi connectivity index (χ0n) is 15.0. The van der Waals surface area contributed by atoms with Gasteiger partial charge in [-0.25, -0.2) is 0 Å². The molecule has 1 aliphatic heterocycles. The van der Waals surface area contributed by atoms with Crippen LogP contribution in [0.2, 0.25) is 0 Å². The lowest BCUT2D eigenvalue weighted by Gasteiger charge is -2.12. The normalized spacial score (nSPS) is 12.5. The second-order valence-electron chi connectivity index (χ2n) is 5.64. The summed E-state index contributed by atoms with van der Waals surface area (Å²) in [7, 11) is 1.78. The van der Waals surface area contributed by atoms with Crippen LogP contribution in [-0.2, 0) is 13.0 Å². The molecule has 1 aliphatic rings.